The van der Waals surface area contributed by atoms with Crippen LogP contribution in [0.1, 0.15) is 17.5 Å². The van der Waals surface area contributed by atoms with E-state index in [0.29, 0.717) is 33.3 Å². The lowest BCUT2D eigenvalue weighted by Gasteiger charge is -2.43. The summed E-state index contributed by atoms with van der Waals surface area (Å²) in [5, 5.41) is 17.4. The largest absolute Gasteiger partial charge is 0.338 e. The molecular weight excluding hydrogens is 551 g/mol. The molecule has 2 N–H and O–H groups in total. The number of anilines is 3. The van der Waals surface area contributed by atoms with Gasteiger partial charge in [0.15, 0.2) is 5.13 Å². The van der Waals surface area contributed by atoms with E-state index in [0.717, 1.165) is 66.8 Å². The first kappa shape index (κ1) is 26.5. The molecule has 0 aliphatic carbocycles. The zero-order valence-corrected chi connectivity index (χ0v) is 24.1. The van der Waals surface area contributed by atoms with Crippen LogP contribution in [-0.2, 0) is 6.42 Å². The molecule has 7 rings (SSSR count). The number of hydrogen-bond acceptors (Lipinski definition) is 10. The van der Waals surface area contributed by atoms with Crippen LogP contribution in [-0.4, -0.2) is 69.6 Å². The molecule has 0 spiro atoms. The maximum absolute atomic E-state index is 13.5. The number of aryl methyl sites for hydroxylation is 1. The quantitative estimate of drug-likeness (QED) is 0.281. The summed E-state index contributed by atoms with van der Waals surface area (Å²) in [6, 6.07) is 13.4. The van der Waals surface area contributed by atoms with Crippen molar-refractivity contribution < 1.29 is 4.39 Å². The van der Waals surface area contributed by atoms with E-state index in [9.17, 15) is 9.65 Å². The monoisotopic (exact) mass is 580 g/mol. The topological polar surface area (TPSA) is 110 Å². The number of fused-ring (bicyclic) bond motifs is 1. The standard InChI is InChI=1S/C30H29FN10S/c1-3-24-28(39(2)30-38-27(25(10-32)42-30)18-4-7-21(31)8-5-18)41-15-19(6-9-26(41)37-24)20-11-34-29(35-12-20)40-16-23(17-40)36-22-13-33-14-22/h4-9,11-12,15,22-23,33,36H,3,13-14,16-17H2,1-2H3. The highest BCUT2D eigenvalue weighted by molar-refractivity contribution is 7.16. The highest BCUT2D eigenvalue weighted by Crippen LogP contribution is 2.37. The van der Waals surface area contributed by atoms with Gasteiger partial charge in [-0.15, -0.1) is 0 Å². The van der Waals surface area contributed by atoms with E-state index in [1.165, 1.54) is 23.5 Å². The van der Waals surface area contributed by atoms with Gasteiger partial charge in [0.05, 0.1) is 5.69 Å². The third kappa shape index (κ3) is 4.75. The minimum Gasteiger partial charge on any atom is -0.338 e. The normalized spacial score (nSPS) is 15.4. The molecule has 2 saturated heterocycles. The molecular formula is C30H29FN10S. The van der Waals surface area contributed by atoms with Crippen molar-refractivity contribution in [2.75, 3.05) is 43.0 Å². The molecule has 0 bridgehead atoms. The van der Waals surface area contributed by atoms with Gasteiger partial charge in [0.2, 0.25) is 5.95 Å². The van der Waals surface area contributed by atoms with E-state index in [1.54, 1.807) is 12.1 Å². The van der Waals surface area contributed by atoms with E-state index in [1.807, 2.05) is 47.1 Å². The molecule has 0 amide bonds. The van der Waals surface area contributed by atoms with Crippen molar-refractivity contribution in [2.24, 2.45) is 0 Å². The average molecular weight is 581 g/mol. The Labute approximate surface area is 246 Å². The van der Waals surface area contributed by atoms with Crippen LogP contribution < -0.4 is 20.4 Å². The minimum atomic E-state index is -0.331. The van der Waals surface area contributed by atoms with Gasteiger partial charge in [-0.1, -0.05) is 18.3 Å². The second-order valence-corrected chi connectivity index (χ2v) is 11.6. The number of nitrogens with zero attached hydrogens (tertiary/aromatic N) is 8. The van der Waals surface area contributed by atoms with Crippen molar-refractivity contribution in [1.82, 2.24) is 35.0 Å². The Morgan fingerprint density at radius 1 is 1.05 bits per heavy atom. The van der Waals surface area contributed by atoms with Crippen molar-refractivity contribution in [3.63, 3.8) is 0 Å². The van der Waals surface area contributed by atoms with Gasteiger partial charge >= 0.3 is 0 Å². The highest BCUT2D eigenvalue weighted by atomic mass is 32.1. The van der Waals surface area contributed by atoms with E-state index >= 15 is 0 Å². The predicted molar refractivity (Wildman–Crippen MR) is 162 cm³/mol. The van der Waals surface area contributed by atoms with Crippen molar-refractivity contribution >= 4 is 33.9 Å². The Bertz CT molecular complexity index is 1780. The molecule has 2 fully saturated rings. The summed E-state index contributed by atoms with van der Waals surface area (Å²) in [6.07, 6.45) is 6.51. The number of pyridine rings is 1. The lowest BCUT2D eigenvalue weighted by Crippen LogP contribution is -2.66. The molecule has 0 saturated carbocycles. The van der Waals surface area contributed by atoms with Gasteiger partial charge in [-0.2, -0.15) is 5.26 Å². The van der Waals surface area contributed by atoms with Crippen LogP contribution in [0, 0.1) is 17.1 Å². The molecule has 2 aliphatic rings. The molecule has 42 heavy (non-hydrogen) atoms. The second kappa shape index (κ2) is 10.8. The third-order valence-corrected chi connectivity index (χ3v) is 8.86. The highest BCUT2D eigenvalue weighted by Gasteiger charge is 2.31. The van der Waals surface area contributed by atoms with Gasteiger partial charge in [0.1, 0.15) is 33.9 Å². The van der Waals surface area contributed by atoms with E-state index in [2.05, 4.69) is 38.5 Å². The van der Waals surface area contributed by atoms with Crippen molar-refractivity contribution in [3.05, 3.63) is 71.4 Å². The summed E-state index contributed by atoms with van der Waals surface area (Å²) >= 11 is 1.30. The van der Waals surface area contributed by atoms with Crippen LogP contribution in [0.25, 0.3) is 28.0 Å². The van der Waals surface area contributed by atoms with Crippen LogP contribution in [0.2, 0.25) is 0 Å². The molecule has 4 aromatic heterocycles. The predicted octanol–water partition coefficient (Wildman–Crippen LogP) is 4.01. The number of thiazole rings is 1. The third-order valence-electron chi connectivity index (χ3n) is 7.83. The Hall–Kier alpha value is -4.44. The number of halogens is 1. The molecule has 1 aromatic carbocycles. The van der Waals surface area contributed by atoms with E-state index in [4.69, 9.17) is 9.97 Å². The first-order chi connectivity index (χ1) is 20.5. The van der Waals surface area contributed by atoms with Crippen LogP contribution in [0.4, 0.5) is 21.3 Å². The van der Waals surface area contributed by atoms with Gasteiger partial charge in [0, 0.05) is 80.6 Å². The fraction of sp³-hybridized carbons (Fsp3) is 0.300. The fourth-order valence-electron chi connectivity index (χ4n) is 5.39. The zero-order chi connectivity index (χ0) is 28.8. The van der Waals surface area contributed by atoms with Crippen molar-refractivity contribution in [1.29, 1.82) is 5.26 Å². The maximum Gasteiger partial charge on any atom is 0.225 e. The molecule has 0 atom stereocenters. The van der Waals surface area contributed by atoms with Gasteiger partial charge in [-0.3, -0.25) is 4.40 Å². The minimum absolute atomic E-state index is 0.331. The first-order valence-electron chi connectivity index (χ1n) is 14.0. The molecule has 10 nitrogen and oxygen atoms in total. The lowest BCUT2D eigenvalue weighted by atomic mass is 10.1. The summed E-state index contributed by atoms with van der Waals surface area (Å²) in [5.74, 6) is 1.29. The molecule has 12 heteroatoms. The van der Waals surface area contributed by atoms with E-state index in [-0.39, 0.29) is 5.82 Å². The Morgan fingerprint density at radius 2 is 1.79 bits per heavy atom. The number of rotatable bonds is 8. The Kier molecular flexibility index (Phi) is 6.78. The van der Waals surface area contributed by atoms with Gasteiger partial charge in [0.25, 0.3) is 0 Å². The summed E-state index contributed by atoms with van der Waals surface area (Å²) in [5.41, 5.74) is 4.84. The summed E-state index contributed by atoms with van der Waals surface area (Å²) in [6.45, 7) is 5.99. The molecule has 2 aliphatic heterocycles. The maximum atomic E-state index is 13.5. The van der Waals surface area contributed by atoms with E-state index < -0.39 is 0 Å². The lowest BCUT2D eigenvalue weighted by molar-refractivity contribution is 0.297. The number of aromatic nitrogens is 5. The fourth-order valence-corrected chi connectivity index (χ4v) is 6.24. The van der Waals surface area contributed by atoms with Crippen LogP contribution in [0.3, 0.4) is 0 Å². The Balaban J connectivity index is 1.16. The molecule has 212 valence electrons. The van der Waals surface area contributed by atoms with Gasteiger partial charge < -0.3 is 20.4 Å². The number of benzene rings is 1. The smallest absolute Gasteiger partial charge is 0.225 e. The Morgan fingerprint density at radius 3 is 2.45 bits per heavy atom. The molecule has 0 unspecified atom stereocenters. The summed E-state index contributed by atoms with van der Waals surface area (Å²) in [4.78, 5) is 23.6. The molecule has 5 aromatic rings. The summed E-state index contributed by atoms with van der Waals surface area (Å²) < 4.78 is 15.6. The van der Waals surface area contributed by atoms with Crippen molar-refractivity contribution in [3.8, 4) is 28.5 Å². The number of hydrogen-bond donors (Lipinski definition) is 2. The number of nitrogens with one attached hydrogen (secondary N) is 2. The molecule has 6 heterocycles. The second-order valence-electron chi connectivity index (χ2n) is 10.6. The van der Waals surface area contributed by atoms with Crippen LogP contribution >= 0.6 is 11.3 Å². The van der Waals surface area contributed by atoms with Gasteiger partial charge in [-0.25, -0.2) is 24.3 Å². The van der Waals surface area contributed by atoms with Crippen molar-refractivity contribution in [2.45, 2.75) is 25.4 Å². The summed E-state index contributed by atoms with van der Waals surface area (Å²) in [7, 11) is 1.93. The SMILES string of the molecule is CCc1nc2ccc(-c3cnc(N4CC(NC5CNC5)C4)nc3)cn2c1N(C)c1nc(-c2ccc(F)cc2)c(C#N)s1. The first-order valence-corrected chi connectivity index (χ1v) is 14.8. The number of nitriles is 1. The van der Waals surface area contributed by atoms with Crippen LogP contribution in [0.5, 0.6) is 0 Å². The average Bonchev–Trinajstić information content (AvgIpc) is 3.57. The van der Waals surface area contributed by atoms with Gasteiger partial charge in [-0.05, 0) is 42.8 Å². The van der Waals surface area contributed by atoms with Crippen LogP contribution in [0.15, 0.2) is 55.0 Å². The number of imidazole rings is 1. The zero-order valence-electron chi connectivity index (χ0n) is 23.3. The molecule has 0 radical (unpaired) electrons.